The van der Waals surface area contributed by atoms with Crippen LogP contribution in [0.2, 0.25) is 0 Å². The summed E-state index contributed by atoms with van der Waals surface area (Å²) in [4.78, 5) is 27.2. The molecule has 178 valence electrons. The van der Waals surface area contributed by atoms with E-state index in [1.807, 2.05) is 13.8 Å². The molecule has 0 bridgehead atoms. The number of carboxylic acids is 1. The first-order valence-electron chi connectivity index (χ1n) is 10.6. The number of ether oxygens (including phenoxy) is 1. The third kappa shape index (κ3) is 5.88. The first kappa shape index (κ1) is 24.7. The Bertz CT molecular complexity index is 1050. The number of thiophene rings is 1. The quantitative estimate of drug-likeness (QED) is 0.249. The number of nitrogens with zero attached hydrogens (tertiary/aromatic N) is 1. The molecule has 1 aliphatic rings. The van der Waals surface area contributed by atoms with Crippen LogP contribution in [0.3, 0.4) is 0 Å². The highest BCUT2D eigenvalue weighted by Gasteiger charge is 2.38. The number of carbonyl (C=O) groups excluding carboxylic acids is 1. The zero-order chi connectivity index (χ0) is 24.3. The number of carboxylic acid groups (broad SMARTS) is 1. The molecule has 3 rings (SSSR count). The SMILES string of the molecule is CC(C)(Cc1ccc(C(O)Oc2ccc(C(=N)N)cc2F)s1)C(=O)N1CCC[C@H]1CC(=O)O. The zero-order valence-electron chi connectivity index (χ0n) is 18.5. The molecule has 1 unspecified atom stereocenters. The van der Waals surface area contributed by atoms with E-state index in [2.05, 4.69) is 0 Å². The van der Waals surface area contributed by atoms with E-state index in [-0.39, 0.29) is 35.5 Å². The number of hydrogen-bond acceptors (Lipinski definition) is 6. The Kier molecular flexibility index (Phi) is 7.38. The zero-order valence-corrected chi connectivity index (χ0v) is 19.3. The summed E-state index contributed by atoms with van der Waals surface area (Å²) in [5, 5.41) is 26.9. The minimum Gasteiger partial charge on any atom is -0.481 e. The van der Waals surface area contributed by atoms with E-state index >= 15 is 0 Å². The fourth-order valence-electron chi connectivity index (χ4n) is 3.98. The number of amidine groups is 1. The van der Waals surface area contributed by atoms with Gasteiger partial charge in [0.1, 0.15) is 5.84 Å². The Morgan fingerprint density at radius 3 is 2.73 bits per heavy atom. The van der Waals surface area contributed by atoms with Crippen LogP contribution in [0, 0.1) is 16.6 Å². The van der Waals surface area contributed by atoms with E-state index in [1.165, 1.54) is 23.5 Å². The van der Waals surface area contributed by atoms with Gasteiger partial charge >= 0.3 is 5.97 Å². The summed E-state index contributed by atoms with van der Waals surface area (Å²) in [6.07, 6.45) is 0.416. The maximum atomic E-state index is 14.2. The second-order valence-electron chi connectivity index (χ2n) is 8.79. The van der Waals surface area contributed by atoms with Gasteiger partial charge in [0.25, 0.3) is 0 Å². The number of hydrogen-bond donors (Lipinski definition) is 4. The highest BCUT2D eigenvalue weighted by Crippen LogP contribution is 2.34. The maximum absolute atomic E-state index is 14.2. The number of likely N-dealkylation sites (tertiary alicyclic amines) is 1. The highest BCUT2D eigenvalue weighted by molar-refractivity contribution is 7.12. The third-order valence-electron chi connectivity index (χ3n) is 5.65. The van der Waals surface area contributed by atoms with Crippen molar-refractivity contribution in [2.75, 3.05) is 6.54 Å². The van der Waals surface area contributed by atoms with Crippen LogP contribution >= 0.6 is 11.3 Å². The second-order valence-corrected chi connectivity index (χ2v) is 9.99. The predicted octanol–water partition coefficient (Wildman–Crippen LogP) is 3.28. The lowest BCUT2D eigenvalue weighted by atomic mass is 9.86. The normalized spacial score (nSPS) is 17.1. The van der Waals surface area contributed by atoms with Gasteiger partial charge in [0.2, 0.25) is 12.2 Å². The molecule has 0 saturated carbocycles. The van der Waals surface area contributed by atoms with Gasteiger partial charge in [-0.1, -0.05) is 13.8 Å². The highest BCUT2D eigenvalue weighted by atomic mass is 32.1. The van der Waals surface area contributed by atoms with Crippen LogP contribution in [-0.2, 0) is 16.0 Å². The molecule has 1 aromatic heterocycles. The van der Waals surface area contributed by atoms with Gasteiger partial charge in [-0.2, -0.15) is 0 Å². The number of amides is 1. The predicted molar refractivity (Wildman–Crippen MR) is 122 cm³/mol. The Labute approximate surface area is 195 Å². The molecule has 8 nitrogen and oxygen atoms in total. The standard InChI is InChI=1S/C23H28FN3O5S/c1-23(2,22(31)27-9-3-4-14(27)11-19(28)29)12-15-6-8-18(33-15)21(30)32-17-7-5-13(20(25)26)10-16(17)24/h5-8,10,14,21,30H,3-4,9,11-12H2,1-2H3,(H3,25,26)(H,28,29)/t14-,21?/m0/s1. The lowest BCUT2D eigenvalue weighted by molar-refractivity contribution is -0.144. The van der Waals surface area contributed by atoms with Gasteiger partial charge < -0.3 is 25.6 Å². The first-order chi connectivity index (χ1) is 15.5. The number of aliphatic carboxylic acids is 1. The Morgan fingerprint density at radius 2 is 2.09 bits per heavy atom. The number of halogens is 1. The third-order valence-corrected chi connectivity index (χ3v) is 6.77. The minimum absolute atomic E-state index is 0.0571. The van der Waals surface area contributed by atoms with Crippen molar-refractivity contribution in [3.8, 4) is 5.75 Å². The number of nitrogens with one attached hydrogen (secondary N) is 1. The maximum Gasteiger partial charge on any atom is 0.305 e. The molecule has 2 atom stereocenters. The molecule has 0 spiro atoms. The van der Waals surface area contributed by atoms with Gasteiger partial charge in [-0.3, -0.25) is 15.0 Å². The van der Waals surface area contributed by atoms with E-state index in [4.69, 9.17) is 21.0 Å². The van der Waals surface area contributed by atoms with Crippen molar-refractivity contribution in [1.82, 2.24) is 4.90 Å². The van der Waals surface area contributed by atoms with Crippen LogP contribution in [0.5, 0.6) is 5.75 Å². The van der Waals surface area contributed by atoms with Crippen molar-refractivity contribution >= 4 is 29.0 Å². The van der Waals surface area contributed by atoms with Crippen molar-refractivity contribution in [2.45, 2.75) is 51.9 Å². The fourth-order valence-corrected chi connectivity index (χ4v) is 5.14. The molecule has 1 amide bonds. The summed E-state index contributed by atoms with van der Waals surface area (Å²) >= 11 is 1.26. The summed E-state index contributed by atoms with van der Waals surface area (Å²) in [6, 6.07) is 6.96. The van der Waals surface area contributed by atoms with Gasteiger partial charge in [0.05, 0.1) is 11.3 Å². The molecule has 5 N–H and O–H groups in total. The molecular formula is C23H28FN3O5S. The first-order valence-corrected chi connectivity index (χ1v) is 11.4. The number of rotatable bonds is 9. The fraction of sp³-hybridized carbons (Fsp3) is 0.435. The van der Waals surface area contributed by atoms with Crippen molar-refractivity contribution in [3.05, 3.63) is 51.5 Å². The van der Waals surface area contributed by atoms with Gasteiger partial charge in [-0.15, -0.1) is 11.3 Å². The summed E-state index contributed by atoms with van der Waals surface area (Å²) in [7, 11) is 0. The number of nitrogen functional groups attached to an aromatic ring is 1. The summed E-state index contributed by atoms with van der Waals surface area (Å²) < 4.78 is 19.5. The van der Waals surface area contributed by atoms with Crippen molar-refractivity contribution in [3.63, 3.8) is 0 Å². The van der Waals surface area contributed by atoms with Crippen molar-refractivity contribution < 1.29 is 28.9 Å². The van der Waals surface area contributed by atoms with E-state index in [0.717, 1.165) is 17.4 Å². The van der Waals surface area contributed by atoms with Gasteiger partial charge in [-0.05, 0) is 49.6 Å². The van der Waals surface area contributed by atoms with Gasteiger partial charge in [-0.25, -0.2) is 4.39 Å². The lowest BCUT2D eigenvalue weighted by Crippen LogP contribution is -2.45. The second kappa shape index (κ2) is 9.88. The van der Waals surface area contributed by atoms with E-state index < -0.39 is 23.5 Å². The van der Waals surface area contributed by atoms with E-state index in [0.29, 0.717) is 24.3 Å². The molecule has 10 heteroatoms. The summed E-state index contributed by atoms with van der Waals surface area (Å²) in [6.45, 7) is 4.20. The molecule has 0 radical (unpaired) electrons. The molecule has 2 aromatic rings. The summed E-state index contributed by atoms with van der Waals surface area (Å²) in [5.74, 6) is -2.19. The smallest absolute Gasteiger partial charge is 0.305 e. The number of aliphatic hydroxyl groups excluding tert-OH is 1. The number of benzene rings is 1. The molecule has 1 saturated heterocycles. The Balaban J connectivity index is 1.66. The van der Waals surface area contributed by atoms with Crippen LogP contribution < -0.4 is 10.5 Å². The number of nitrogens with two attached hydrogens (primary N) is 1. The molecule has 1 aliphatic heterocycles. The average molecular weight is 478 g/mol. The summed E-state index contributed by atoms with van der Waals surface area (Å²) in [5.41, 5.74) is 4.79. The lowest BCUT2D eigenvalue weighted by Gasteiger charge is -2.32. The molecule has 33 heavy (non-hydrogen) atoms. The largest absolute Gasteiger partial charge is 0.481 e. The van der Waals surface area contributed by atoms with Crippen LogP contribution in [0.1, 0.15) is 54.7 Å². The number of carbonyl (C=O) groups is 2. The molecule has 1 aromatic carbocycles. The van der Waals surface area contributed by atoms with Crippen LogP contribution in [0.4, 0.5) is 4.39 Å². The van der Waals surface area contributed by atoms with Gasteiger partial charge in [0.15, 0.2) is 11.6 Å². The van der Waals surface area contributed by atoms with Crippen LogP contribution in [0.15, 0.2) is 30.3 Å². The topological polar surface area (TPSA) is 137 Å². The number of aliphatic hydroxyl groups is 1. The molecule has 1 fully saturated rings. The van der Waals surface area contributed by atoms with E-state index in [9.17, 15) is 19.1 Å². The average Bonchev–Trinajstić information content (AvgIpc) is 3.37. The minimum atomic E-state index is -1.40. The van der Waals surface area contributed by atoms with Crippen LogP contribution in [-0.4, -0.2) is 45.4 Å². The Morgan fingerprint density at radius 1 is 1.36 bits per heavy atom. The van der Waals surface area contributed by atoms with E-state index in [1.54, 1.807) is 17.0 Å². The monoisotopic (exact) mass is 477 g/mol. The van der Waals surface area contributed by atoms with Gasteiger partial charge in [0, 0.05) is 28.4 Å². The van der Waals surface area contributed by atoms with Crippen molar-refractivity contribution in [2.24, 2.45) is 11.1 Å². The van der Waals surface area contributed by atoms with Crippen LogP contribution in [0.25, 0.3) is 0 Å². The molecule has 0 aliphatic carbocycles. The molecular weight excluding hydrogens is 449 g/mol. The molecule has 2 heterocycles. The Hall–Kier alpha value is -2.98. The van der Waals surface area contributed by atoms with Crippen molar-refractivity contribution in [1.29, 1.82) is 5.41 Å².